The van der Waals surface area contributed by atoms with Gasteiger partial charge in [-0.15, -0.1) is 0 Å². The van der Waals surface area contributed by atoms with Crippen molar-refractivity contribution < 1.29 is 0 Å². The van der Waals surface area contributed by atoms with Crippen LogP contribution in [-0.4, -0.2) is 38.6 Å². The summed E-state index contributed by atoms with van der Waals surface area (Å²) in [6.07, 6.45) is 5.94. The molecule has 20 heavy (non-hydrogen) atoms. The van der Waals surface area contributed by atoms with E-state index in [0.29, 0.717) is 6.17 Å². The first-order valence-electron chi connectivity index (χ1n) is 7.89. The average molecular weight is 273 g/mol. The van der Waals surface area contributed by atoms with E-state index in [2.05, 4.69) is 60.5 Å². The Morgan fingerprint density at radius 2 is 1.80 bits per heavy atom. The molecule has 2 aliphatic rings. The van der Waals surface area contributed by atoms with Gasteiger partial charge in [-0.2, -0.15) is 0 Å². The van der Waals surface area contributed by atoms with Crippen molar-refractivity contribution >= 4 is 5.69 Å². The number of hydrogen-bond donors (Lipinski definition) is 1. The third-order valence-electron chi connectivity index (χ3n) is 4.97. The molecule has 1 saturated carbocycles. The maximum atomic E-state index is 3.88. The van der Waals surface area contributed by atoms with Gasteiger partial charge in [0, 0.05) is 32.4 Å². The first kappa shape index (κ1) is 13.9. The summed E-state index contributed by atoms with van der Waals surface area (Å²) in [7, 11) is 6.43. The van der Waals surface area contributed by atoms with Crippen LogP contribution in [0.5, 0.6) is 0 Å². The van der Waals surface area contributed by atoms with Crippen LogP contribution in [0.15, 0.2) is 24.3 Å². The molecule has 1 N–H and O–H groups in total. The third-order valence-corrected chi connectivity index (χ3v) is 4.97. The van der Waals surface area contributed by atoms with Gasteiger partial charge in [0.15, 0.2) is 0 Å². The van der Waals surface area contributed by atoms with Gasteiger partial charge < -0.3 is 4.90 Å². The van der Waals surface area contributed by atoms with Crippen LogP contribution < -0.4 is 10.2 Å². The Labute approximate surface area is 123 Å². The Hall–Kier alpha value is -1.06. The van der Waals surface area contributed by atoms with Crippen LogP contribution in [-0.2, 0) is 0 Å². The minimum atomic E-state index is 0.380. The molecule has 0 unspecified atom stereocenters. The molecule has 1 heterocycles. The van der Waals surface area contributed by atoms with Crippen LogP contribution in [0.25, 0.3) is 0 Å². The van der Waals surface area contributed by atoms with Gasteiger partial charge >= 0.3 is 0 Å². The highest BCUT2D eigenvalue weighted by Gasteiger charge is 2.34. The number of nitrogens with one attached hydrogen (secondary N) is 1. The van der Waals surface area contributed by atoms with Crippen molar-refractivity contribution in [3.63, 3.8) is 0 Å². The zero-order chi connectivity index (χ0) is 14.1. The number of rotatable bonds is 2. The van der Waals surface area contributed by atoms with E-state index in [1.54, 1.807) is 0 Å². The van der Waals surface area contributed by atoms with Gasteiger partial charge in [0.2, 0.25) is 0 Å². The van der Waals surface area contributed by atoms with E-state index in [0.717, 1.165) is 12.0 Å². The molecule has 110 valence electrons. The van der Waals surface area contributed by atoms with Gasteiger partial charge in [0.25, 0.3) is 0 Å². The topological polar surface area (TPSA) is 18.5 Å². The fourth-order valence-corrected chi connectivity index (χ4v) is 3.76. The maximum Gasteiger partial charge on any atom is 0.0860 e. The Morgan fingerprint density at radius 3 is 2.50 bits per heavy atom. The summed E-state index contributed by atoms with van der Waals surface area (Å²) in [5.74, 6) is 0.853. The molecular weight excluding hydrogens is 246 g/mol. The lowest BCUT2D eigenvalue weighted by molar-refractivity contribution is 0.0608. The summed E-state index contributed by atoms with van der Waals surface area (Å²) in [6, 6.07) is 9.70. The second-order valence-electron chi connectivity index (χ2n) is 6.65. The molecule has 3 rings (SSSR count). The number of nitrogens with zero attached hydrogens (tertiary/aromatic N) is 2. The van der Waals surface area contributed by atoms with E-state index in [1.807, 2.05) is 0 Å². The van der Waals surface area contributed by atoms with Gasteiger partial charge in [0.1, 0.15) is 0 Å². The predicted molar refractivity (Wildman–Crippen MR) is 85.0 cm³/mol. The van der Waals surface area contributed by atoms with Crippen molar-refractivity contribution in [1.29, 1.82) is 0 Å². The molecule has 1 aliphatic carbocycles. The normalized spacial score (nSPS) is 30.9. The number of hydrogen-bond acceptors (Lipinski definition) is 3. The molecule has 0 spiro atoms. The van der Waals surface area contributed by atoms with E-state index in [-0.39, 0.29) is 0 Å². The molecule has 2 fully saturated rings. The summed E-state index contributed by atoms with van der Waals surface area (Å²) in [5.41, 5.74) is 2.66. The van der Waals surface area contributed by atoms with Crippen molar-refractivity contribution in [1.82, 2.24) is 10.2 Å². The van der Waals surface area contributed by atoms with Crippen molar-refractivity contribution in [2.75, 3.05) is 32.6 Å². The summed E-state index contributed by atoms with van der Waals surface area (Å²) in [5, 5.41) is 3.88. The lowest BCUT2D eigenvalue weighted by atomic mass is 9.82. The molecule has 3 nitrogen and oxygen atoms in total. The Bertz CT molecular complexity index is 440. The van der Waals surface area contributed by atoms with E-state index in [1.165, 1.54) is 43.5 Å². The molecule has 3 heteroatoms. The monoisotopic (exact) mass is 273 g/mol. The molecular formula is C17H27N3. The SMILES string of the molecule is CN(C)c1ccc([C@@H]2N[C@@H]3CCCC[C@H]3CN2C)cc1. The first-order chi connectivity index (χ1) is 9.65. The van der Waals surface area contributed by atoms with Crippen molar-refractivity contribution in [2.45, 2.75) is 37.9 Å². The lowest BCUT2D eigenvalue weighted by Gasteiger charge is -2.46. The highest BCUT2D eigenvalue weighted by molar-refractivity contribution is 5.46. The number of fused-ring (bicyclic) bond motifs is 1. The third kappa shape index (κ3) is 2.70. The highest BCUT2D eigenvalue weighted by Crippen LogP contribution is 2.33. The van der Waals surface area contributed by atoms with Crippen LogP contribution in [0.2, 0.25) is 0 Å². The molecule has 0 aromatic heterocycles. The van der Waals surface area contributed by atoms with Gasteiger partial charge in [-0.25, -0.2) is 0 Å². The van der Waals surface area contributed by atoms with E-state index >= 15 is 0 Å². The zero-order valence-corrected chi connectivity index (χ0v) is 13.0. The Kier molecular flexibility index (Phi) is 3.99. The highest BCUT2D eigenvalue weighted by atomic mass is 15.3. The predicted octanol–water partition coefficient (Wildman–Crippen LogP) is 2.85. The first-order valence-corrected chi connectivity index (χ1v) is 7.89. The van der Waals surface area contributed by atoms with Crippen LogP contribution in [0, 0.1) is 5.92 Å². The number of benzene rings is 1. The minimum Gasteiger partial charge on any atom is -0.378 e. The van der Waals surface area contributed by atoms with Gasteiger partial charge in [-0.1, -0.05) is 25.0 Å². The summed E-state index contributed by atoms with van der Waals surface area (Å²) < 4.78 is 0. The van der Waals surface area contributed by atoms with Gasteiger partial charge in [-0.3, -0.25) is 10.2 Å². The van der Waals surface area contributed by atoms with Gasteiger partial charge in [-0.05, 0) is 43.5 Å². The van der Waals surface area contributed by atoms with E-state index in [9.17, 15) is 0 Å². The summed E-state index contributed by atoms with van der Waals surface area (Å²) in [4.78, 5) is 4.64. The smallest absolute Gasteiger partial charge is 0.0860 e. The van der Waals surface area contributed by atoms with Crippen molar-refractivity contribution in [3.05, 3.63) is 29.8 Å². The molecule has 1 saturated heterocycles. The largest absolute Gasteiger partial charge is 0.378 e. The molecule has 0 bridgehead atoms. The van der Waals surface area contributed by atoms with Crippen molar-refractivity contribution in [2.24, 2.45) is 5.92 Å². The molecule has 1 aliphatic heterocycles. The Morgan fingerprint density at radius 1 is 1.10 bits per heavy atom. The second kappa shape index (κ2) is 5.74. The Balaban J connectivity index is 1.75. The summed E-state index contributed by atoms with van der Waals surface area (Å²) in [6.45, 7) is 1.23. The van der Waals surface area contributed by atoms with Crippen LogP contribution >= 0.6 is 0 Å². The summed E-state index contributed by atoms with van der Waals surface area (Å²) >= 11 is 0. The maximum absolute atomic E-state index is 3.88. The van der Waals surface area contributed by atoms with E-state index < -0.39 is 0 Å². The lowest BCUT2D eigenvalue weighted by Crippen LogP contribution is -2.54. The molecule has 0 amide bonds. The standard InChI is InChI=1S/C17H27N3/c1-19(2)15-10-8-13(9-11-15)17-18-16-7-5-4-6-14(16)12-20(17)3/h8-11,14,16-18H,4-7,12H2,1-3H3/t14-,16+,17+/m0/s1. The van der Waals surface area contributed by atoms with Crippen LogP contribution in [0.1, 0.15) is 37.4 Å². The fraction of sp³-hybridized carbons (Fsp3) is 0.647. The second-order valence-corrected chi connectivity index (χ2v) is 6.65. The fourth-order valence-electron chi connectivity index (χ4n) is 3.76. The molecule has 1 aromatic carbocycles. The van der Waals surface area contributed by atoms with Crippen LogP contribution in [0.4, 0.5) is 5.69 Å². The molecule has 1 aromatic rings. The molecule has 0 radical (unpaired) electrons. The zero-order valence-electron chi connectivity index (χ0n) is 13.0. The van der Waals surface area contributed by atoms with E-state index in [4.69, 9.17) is 0 Å². The quantitative estimate of drug-likeness (QED) is 0.894. The van der Waals surface area contributed by atoms with Crippen LogP contribution in [0.3, 0.4) is 0 Å². The minimum absolute atomic E-state index is 0.380. The van der Waals surface area contributed by atoms with Gasteiger partial charge in [0.05, 0.1) is 6.17 Å². The average Bonchev–Trinajstić information content (AvgIpc) is 2.46. The van der Waals surface area contributed by atoms with Crippen molar-refractivity contribution in [3.8, 4) is 0 Å². The molecule has 3 atom stereocenters. The number of anilines is 1.